The minimum atomic E-state index is 0.506. The molecule has 7 heteroatoms. The Hall–Kier alpha value is -1.66. The molecule has 0 saturated heterocycles. The molecule has 0 atom stereocenters. The van der Waals surface area contributed by atoms with Crippen LogP contribution in [0.4, 0.5) is 5.69 Å². The van der Waals surface area contributed by atoms with E-state index in [2.05, 4.69) is 40.2 Å². The Morgan fingerprint density at radius 3 is 2.32 bits per heavy atom. The number of benzene rings is 1. The number of thiocarbonyl (C=S) groups is 1. The minimum absolute atomic E-state index is 0.506. The summed E-state index contributed by atoms with van der Waals surface area (Å²) in [6.07, 6.45) is 0. The Kier molecular flexibility index (Phi) is 7.84. The van der Waals surface area contributed by atoms with Crippen molar-refractivity contribution in [3.63, 3.8) is 0 Å². The number of nitrogens with one attached hydrogen (secondary N) is 3. The van der Waals surface area contributed by atoms with E-state index < -0.39 is 0 Å². The molecule has 1 aromatic rings. The number of anilines is 1. The van der Waals surface area contributed by atoms with Crippen LogP contribution in [0, 0.1) is 5.92 Å². The van der Waals surface area contributed by atoms with E-state index in [1.165, 1.54) is 0 Å². The van der Waals surface area contributed by atoms with Crippen molar-refractivity contribution in [2.24, 2.45) is 16.1 Å². The van der Waals surface area contributed by atoms with Crippen molar-refractivity contribution < 1.29 is 0 Å². The third kappa shape index (κ3) is 7.38. The Labute approximate surface area is 142 Å². The van der Waals surface area contributed by atoms with Crippen LogP contribution >= 0.6 is 23.8 Å². The van der Waals surface area contributed by atoms with Crippen LogP contribution in [0.15, 0.2) is 34.5 Å². The molecule has 0 saturated carbocycles. The van der Waals surface area contributed by atoms with E-state index in [0.717, 1.165) is 23.7 Å². The minimum Gasteiger partial charge on any atom is -0.361 e. The molecule has 0 unspecified atom stereocenters. The van der Waals surface area contributed by atoms with E-state index in [0.29, 0.717) is 16.1 Å². The maximum atomic E-state index is 5.83. The summed E-state index contributed by atoms with van der Waals surface area (Å²) in [6, 6.07) is 7.32. The molecule has 0 bridgehead atoms. The Bertz CT molecular complexity index is 552. The normalized spacial score (nSPS) is 12.3. The molecular weight excluding hydrogens is 318 g/mol. The molecule has 0 aliphatic rings. The van der Waals surface area contributed by atoms with Crippen LogP contribution < -0.4 is 16.2 Å². The third-order valence-electron chi connectivity index (χ3n) is 2.72. The van der Waals surface area contributed by atoms with Gasteiger partial charge in [0.2, 0.25) is 0 Å². The number of hydrogen-bond acceptors (Lipinski definition) is 4. The lowest BCUT2D eigenvalue weighted by Gasteiger charge is -2.09. The SMILES string of the molecule is CC(=N\NC(=S)NCC(C)C)/C(C)=N/Nc1ccc(Cl)cc1. The summed E-state index contributed by atoms with van der Waals surface area (Å²) in [7, 11) is 0. The first kappa shape index (κ1) is 18.4. The Morgan fingerprint density at radius 1 is 1.14 bits per heavy atom. The van der Waals surface area contributed by atoms with Gasteiger partial charge in [-0.05, 0) is 56.2 Å². The molecule has 22 heavy (non-hydrogen) atoms. The molecule has 1 aromatic carbocycles. The molecule has 0 heterocycles. The van der Waals surface area contributed by atoms with E-state index in [4.69, 9.17) is 23.8 Å². The smallest absolute Gasteiger partial charge is 0.186 e. The second-order valence-electron chi connectivity index (χ2n) is 5.23. The second-order valence-corrected chi connectivity index (χ2v) is 6.07. The van der Waals surface area contributed by atoms with Crippen molar-refractivity contribution in [2.45, 2.75) is 27.7 Å². The fourth-order valence-electron chi connectivity index (χ4n) is 1.31. The fourth-order valence-corrected chi connectivity index (χ4v) is 1.56. The highest BCUT2D eigenvalue weighted by Crippen LogP contribution is 2.13. The average Bonchev–Trinajstić information content (AvgIpc) is 2.49. The van der Waals surface area contributed by atoms with E-state index in [1.54, 1.807) is 12.1 Å². The first-order valence-corrected chi connectivity index (χ1v) is 7.81. The zero-order chi connectivity index (χ0) is 16.5. The molecule has 0 aliphatic carbocycles. The standard InChI is InChI=1S/C15H22ClN5S/c1-10(2)9-17-15(22)21-19-12(4)11(3)18-20-14-7-5-13(16)6-8-14/h5-8,10,20H,9H2,1-4H3,(H2,17,21,22)/b18-11+,19-12+. The summed E-state index contributed by atoms with van der Waals surface area (Å²) in [5.74, 6) is 0.525. The second kappa shape index (κ2) is 9.38. The maximum absolute atomic E-state index is 5.83. The highest BCUT2D eigenvalue weighted by molar-refractivity contribution is 7.80. The van der Waals surface area contributed by atoms with Crippen LogP contribution in [0.2, 0.25) is 5.02 Å². The van der Waals surface area contributed by atoms with Gasteiger partial charge in [-0.25, -0.2) is 0 Å². The van der Waals surface area contributed by atoms with Crippen molar-refractivity contribution in [2.75, 3.05) is 12.0 Å². The van der Waals surface area contributed by atoms with Crippen LogP contribution in [0.3, 0.4) is 0 Å². The van der Waals surface area contributed by atoms with Crippen molar-refractivity contribution in [1.29, 1.82) is 0 Å². The number of hydrazone groups is 2. The molecular formula is C15H22ClN5S. The quantitative estimate of drug-likeness (QED) is 0.421. The van der Waals surface area contributed by atoms with E-state index >= 15 is 0 Å². The van der Waals surface area contributed by atoms with Gasteiger partial charge in [0.15, 0.2) is 5.11 Å². The summed E-state index contributed by atoms with van der Waals surface area (Å²) >= 11 is 11.0. The number of nitrogens with zero attached hydrogens (tertiary/aromatic N) is 2. The van der Waals surface area contributed by atoms with Crippen LogP contribution in [0.5, 0.6) is 0 Å². The van der Waals surface area contributed by atoms with Gasteiger partial charge in [0.05, 0.1) is 17.1 Å². The lowest BCUT2D eigenvalue weighted by atomic mass is 10.2. The monoisotopic (exact) mass is 339 g/mol. The van der Waals surface area contributed by atoms with Gasteiger partial charge in [-0.2, -0.15) is 10.2 Å². The van der Waals surface area contributed by atoms with Gasteiger partial charge in [-0.15, -0.1) is 0 Å². The Morgan fingerprint density at radius 2 is 1.73 bits per heavy atom. The number of hydrogen-bond donors (Lipinski definition) is 3. The summed E-state index contributed by atoms with van der Waals surface area (Å²) in [5, 5.41) is 12.7. The number of rotatable bonds is 6. The molecule has 0 radical (unpaired) electrons. The van der Waals surface area contributed by atoms with Gasteiger partial charge < -0.3 is 5.32 Å². The molecule has 120 valence electrons. The molecule has 0 spiro atoms. The van der Waals surface area contributed by atoms with Crippen LogP contribution in [0.1, 0.15) is 27.7 Å². The predicted octanol–water partition coefficient (Wildman–Crippen LogP) is 3.62. The van der Waals surface area contributed by atoms with Crippen LogP contribution in [-0.4, -0.2) is 23.1 Å². The maximum Gasteiger partial charge on any atom is 0.186 e. The largest absolute Gasteiger partial charge is 0.361 e. The summed E-state index contributed by atoms with van der Waals surface area (Å²) in [6.45, 7) is 8.77. The molecule has 0 fully saturated rings. The molecule has 0 aromatic heterocycles. The lowest BCUT2D eigenvalue weighted by molar-refractivity contribution is 0.621. The summed E-state index contributed by atoms with van der Waals surface area (Å²) in [5.41, 5.74) is 8.12. The van der Waals surface area contributed by atoms with Gasteiger partial charge in [-0.1, -0.05) is 25.4 Å². The third-order valence-corrected chi connectivity index (χ3v) is 3.20. The average molecular weight is 340 g/mol. The van der Waals surface area contributed by atoms with E-state index in [-0.39, 0.29) is 0 Å². The van der Waals surface area contributed by atoms with Crippen molar-refractivity contribution in [3.05, 3.63) is 29.3 Å². The molecule has 3 N–H and O–H groups in total. The van der Waals surface area contributed by atoms with Crippen molar-refractivity contribution >= 4 is 46.0 Å². The van der Waals surface area contributed by atoms with Crippen molar-refractivity contribution in [3.8, 4) is 0 Å². The molecule has 5 nitrogen and oxygen atoms in total. The van der Waals surface area contributed by atoms with Gasteiger partial charge in [0.25, 0.3) is 0 Å². The van der Waals surface area contributed by atoms with Gasteiger partial charge in [0, 0.05) is 11.6 Å². The summed E-state index contributed by atoms with van der Waals surface area (Å²) < 4.78 is 0. The first-order chi connectivity index (χ1) is 10.4. The lowest BCUT2D eigenvalue weighted by Crippen LogP contribution is -2.35. The van der Waals surface area contributed by atoms with Gasteiger partial charge in [0.1, 0.15) is 0 Å². The predicted molar refractivity (Wildman–Crippen MR) is 99.9 cm³/mol. The highest BCUT2D eigenvalue weighted by atomic mass is 35.5. The first-order valence-electron chi connectivity index (χ1n) is 7.03. The Balaban J connectivity index is 2.50. The fraction of sp³-hybridized carbons (Fsp3) is 0.400. The van der Waals surface area contributed by atoms with Crippen LogP contribution in [-0.2, 0) is 0 Å². The molecule has 0 aliphatic heterocycles. The van der Waals surface area contributed by atoms with Gasteiger partial charge >= 0.3 is 0 Å². The van der Waals surface area contributed by atoms with Gasteiger partial charge in [-0.3, -0.25) is 10.9 Å². The van der Waals surface area contributed by atoms with Crippen molar-refractivity contribution in [1.82, 2.24) is 10.7 Å². The topological polar surface area (TPSA) is 60.8 Å². The molecule has 1 rings (SSSR count). The number of halogens is 1. The zero-order valence-electron chi connectivity index (χ0n) is 13.3. The zero-order valence-corrected chi connectivity index (χ0v) is 14.8. The highest BCUT2D eigenvalue weighted by Gasteiger charge is 2.00. The van der Waals surface area contributed by atoms with Crippen LogP contribution in [0.25, 0.3) is 0 Å². The van der Waals surface area contributed by atoms with E-state index in [9.17, 15) is 0 Å². The summed E-state index contributed by atoms with van der Waals surface area (Å²) in [4.78, 5) is 0. The van der Waals surface area contributed by atoms with E-state index in [1.807, 2.05) is 26.0 Å². The molecule has 0 amide bonds.